The fraction of sp³-hybridized carbons (Fsp3) is 0.747. The molecule has 0 amide bonds. The molecule has 6 nitrogen and oxygen atoms in total. The van der Waals surface area contributed by atoms with Crippen LogP contribution in [0.1, 0.15) is 342 Å². The molecule has 0 aromatic rings. The Morgan fingerprint density at radius 1 is 0.259 bits per heavy atom. The molecule has 1 unspecified atom stereocenters. The van der Waals surface area contributed by atoms with Gasteiger partial charge in [0, 0.05) is 19.3 Å². The van der Waals surface area contributed by atoms with Gasteiger partial charge in [0.15, 0.2) is 6.10 Å². The summed E-state index contributed by atoms with van der Waals surface area (Å²) in [5.41, 5.74) is 0. The van der Waals surface area contributed by atoms with E-state index in [9.17, 15) is 14.4 Å². The van der Waals surface area contributed by atoms with E-state index in [1.54, 1.807) is 0 Å². The molecule has 0 heterocycles. The lowest BCUT2D eigenvalue weighted by Gasteiger charge is -2.18. The van der Waals surface area contributed by atoms with E-state index >= 15 is 0 Å². The molecule has 0 N–H and O–H groups in total. The van der Waals surface area contributed by atoms with E-state index in [2.05, 4.69) is 118 Å². The molecule has 0 bridgehead atoms. The van der Waals surface area contributed by atoms with Crippen LogP contribution in [0.15, 0.2) is 97.2 Å². The molecule has 1 atom stereocenters. The first-order chi connectivity index (χ1) is 40.0. The third-order valence-corrected chi connectivity index (χ3v) is 15.1. The lowest BCUT2D eigenvalue weighted by Crippen LogP contribution is -2.30. The summed E-state index contributed by atoms with van der Waals surface area (Å²) >= 11 is 0. The maximum atomic E-state index is 12.9. The number of allylic oxidation sites excluding steroid dienone is 16. The summed E-state index contributed by atoms with van der Waals surface area (Å²) in [7, 11) is 0. The van der Waals surface area contributed by atoms with Crippen molar-refractivity contribution in [2.24, 2.45) is 0 Å². The molecular weight excluding hydrogens is 997 g/mol. The normalized spacial score (nSPS) is 12.7. The van der Waals surface area contributed by atoms with Gasteiger partial charge in [-0.15, -0.1) is 0 Å². The summed E-state index contributed by atoms with van der Waals surface area (Å²) in [4.78, 5) is 38.5. The molecule has 0 fully saturated rings. The lowest BCUT2D eigenvalue weighted by molar-refractivity contribution is -0.167. The van der Waals surface area contributed by atoms with E-state index < -0.39 is 6.10 Å². The van der Waals surface area contributed by atoms with Crippen molar-refractivity contribution in [3.63, 3.8) is 0 Å². The summed E-state index contributed by atoms with van der Waals surface area (Å²) in [6, 6.07) is 0. The molecule has 6 heteroatoms. The van der Waals surface area contributed by atoms with Crippen LogP contribution < -0.4 is 0 Å². The van der Waals surface area contributed by atoms with E-state index in [-0.39, 0.29) is 37.5 Å². The van der Waals surface area contributed by atoms with Gasteiger partial charge in [0.1, 0.15) is 13.2 Å². The molecule has 0 aliphatic rings. The number of unbranched alkanes of at least 4 members (excludes halogenated alkanes) is 36. The topological polar surface area (TPSA) is 78.9 Å². The van der Waals surface area contributed by atoms with E-state index in [0.29, 0.717) is 19.3 Å². The number of ether oxygens (including phenoxy) is 3. The predicted molar refractivity (Wildman–Crippen MR) is 353 cm³/mol. The Kier molecular flexibility index (Phi) is 65.7. The Labute approximate surface area is 502 Å². The van der Waals surface area contributed by atoms with Gasteiger partial charge in [0.2, 0.25) is 0 Å². The third-order valence-electron chi connectivity index (χ3n) is 15.1. The van der Waals surface area contributed by atoms with Gasteiger partial charge in [-0.2, -0.15) is 0 Å². The molecule has 81 heavy (non-hydrogen) atoms. The van der Waals surface area contributed by atoms with Crippen LogP contribution in [0.5, 0.6) is 0 Å². The number of carbonyl (C=O) groups is 3. The van der Waals surface area contributed by atoms with Crippen molar-refractivity contribution in [2.75, 3.05) is 13.2 Å². The van der Waals surface area contributed by atoms with Gasteiger partial charge in [-0.3, -0.25) is 14.4 Å². The Balaban J connectivity index is 4.42. The maximum Gasteiger partial charge on any atom is 0.306 e. The SMILES string of the molecule is CC/C=C\C/C=C\C/C=C\C/C=C\C/C=C\C/C=C\CCCCC(=O)OC(COC(=O)CCCCCCCCCCC/C=C\C/C=C\CCCCC)COC(=O)CCCCCCCCCCCCCCCCCCCCCCCCC. The van der Waals surface area contributed by atoms with Gasteiger partial charge in [0.25, 0.3) is 0 Å². The van der Waals surface area contributed by atoms with Gasteiger partial charge in [-0.25, -0.2) is 0 Å². The zero-order chi connectivity index (χ0) is 58.5. The summed E-state index contributed by atoms with van der Waals surface area (Å²) in [6.45, 7) is 6.51. The van der Waals surface area contributed by atoms with E-state index in [4.69, 9.17) is 14.2 Å². The van der Waals surface area contributed by atoms with Crippen molar-refractivity contribution in [3.8, 4) is 0 Å². The second-order valence-corrected chi connectivity index (χ2v) is 23.1. The summed E-state index contributed by atoms with van der Waals surface area (Å²) in [5, 5.41) is 0. The van der Waals surface area contributed by atoms with Crippen LogP contribution in [0.25, 0.3) is 0 Å². The summed E-state index contributed by atoms with van der Waals surface area (Å²) < 4.78 is 17.0. The van der Waals surface area contributed by atoms with E-state index in [1.165, 1.54) is 199 Å². The first-order valence-corrected chi connectivity index (χ1v) is 34.7. The molecule has 0 aromatic heterocycles. The maximum absolute atomic E-state index is 12.9. The Morgan fingerprint density at radius 3 is 0.802 bits per heavy atom. The highest BCUT2D eigenvalue weighted by Gasteiger charge is 2.19. The standard InChI is InChI=1S/C75H130O6/c1-4-7-10-13-16-19-22-25-28-31-34-36-37-39-41-44-47-50-53-56-59-62-65-68-74(77)80-71-72(70-79-73(76)67-64-61-58-55-52-49-46-43-40-33-30-27-24-21-18-15-12-9-6-3)81-75(78)69-66-63-60-57-54-51-48-45-42-38-35-32-29-26-23-20-17-14-11-8-5-2/h8,11,17-18,20-21,26-27,29-30,35,38,45,48,54,57,72H,4-7,9-10,12-16,19,22-25,28,31-34,36-37,39-44,46-47,49-53,55-56,58-71H2,1-3H3/b11-8-,20-17-,21-18-,29-26-,30-27-,38-35-,48-45-,57-54-. The van der Waals surface area contributed by atoms with Crippen LogP contribution in [-0.4, -0.2) is 37.2 Å². The van der Waals surface area contributed by atoms with Gasteiger partial charge in [-0.05, 0) is 103 Å². The van der Waals surface area contributed by atoms with Crippen LogP contribution in [-0.2, 0) is 28.6 Å². The number of carbonyl (C=O) groups excluding carboxylic acids is 3. The number of hydrogen-bond donors (Lipinski definition) is 0. The molecule has 466 valence electrons. The van der Waals surface area contributed by atoms with Crippen LogP contribution >= 0.6 is 0 Å². The largest absolute Gasteiger partial charge is 0.462 e. The van der Waals surface area contributed by atoms with Crippen LogP contribution in [0.3, 0.4) is 0 Å². The first-order valence-electron chi connectivity index (χ1n) is 34.7. The fourth-order valence-corrected chi connectivity index (χ4v) is 9.89. The predicted octanol–water partition coefficient (Wildman–Crippen LogP) is 24.0. The second-order valence-electron chi connectivity index (χ2n) is 23.1. The molecule has 0 saturated carbocycles. The zero-order valence-corrected chi connectivity index (χ0v) is 53.5. The first kappa shape index (κ1) is 77.3. The number of esters is 3. The van der Waals surface area contributed by atoms with Crippen LogP contribution in [0, 0.1) is 0 Å². The van der Waals surface area contributed by atoms with Gasteiger partial charge in [0.05, 0.1) is 0 Å². The van der Waals surface area contributed by atoms with E-state index in [1.807, 2.05) is 0 Å². The molecule has 0 rings (SSSR count). The second kappa shape index (κ2) is 68.8. The molecule has 0 spiro atoms. The summed E-state index contributed by atoms with van der Waals surface area (Å²) in [6.07, 6.45) is 92.8. The third kappa shape index (κ3) is 67.0. The quantitative estimate of drug-likeness (QED) is 0.0261. The number of rotatable bonds is 63. The monoisotopic (exact) mass is 1130 g/mol. The fourth-order valence-electron chi connectivity index (χ4n) is 9.89. The molecule has 0 saturated heterocycles. The lowest BCUT2D eigenvalue weighted by atomic mass is 10.0. The van der Waals surface area contributed by atoms with Crippen molar-refractivity contribution < 1.29 is 28.6 Å². The van der Waals surface area contributed by atoms with Gasteiger partial charge >= 0.3 is 17.9 Å². The Bertz CT molecular complexity index is 1580. The number of hydrogen-bond acceptors (Lipinski definition) is 6. The highest BCUT2D eigenvalue weighted by Crippen LogP contribution is 2.17. The Hall–Kier alpha value is -3.67. The van der Waals surface area contributed by atoms with E-state index in [0.717, 1.165) is 96.3 Å². The summed E-state index contributed by atoms with van der Waals surface area (Å²) in [5.74, 6) is -0.926. The van der Waals surface area contributed by atoms with Crippen molar-refractivity contribution >= 4 is 17.9 Å². The van der Waals surface area contributed by atoms with Gasteiger partial charge < -0.3 is 14.2 Å². The minimum atomic E-state index is -0.804. The smallest absolute Gasteiger partial charge is 0.306 e. The zero-order valence-electron chi connectivity index (χ0n) is 53.5. The van der Waals surface area contributed by atoms with Crippen molar-refractivity contribution in [3.05, 3.63) is 97.2 Å². The average molecular weight is 1130 g/mol. The highest BCUT2D eigenvalue weighted by molar-refractivity contribution is 5.71. The molecule has 0 aromatic carbocycles. The minimum Gasteiger partial charge on any atom is -0.462 e. The molecule has 0 aliphatic carbocycles. The van der Waals surface area contributed by atoms with Crippen molar-refractivity contribution in [1.29, 1.82) is 0 Å². The van der Waals surface area contributed by atoms with Crippen LogP contribution in [0.2, 0.25) is 0 Å². The molecule has 0 aliphatic heterocycles. The minimum absolute atomic E-state index is 0.0939. The van der Waals surface area contributed by atoms with Crippen molar-refractivity contribution in [1.82, 2.24) is 0 Å². The van der Waals surface area contributed by atoms with Gasteiger partial charge in [-0.1, -0.05) is 317 Å². The van der Waals surface area contributed by atoms with Crippen molar-refractivity contribution in [2.45, 2.75) is 348 Å². The Morgan fingerprint density at radius 2 is 0.481 bits per heavy atom. The molecule has 0 radical (unpaired) electrons. The van der Waals surface area contributed by atoms with Crippen LogP contribution in [0.4, 0.5) is 0 Å². The average Bonchev–Trinajstić information content (AvgIpc) is 3.47. The highest BCUT2D eigenvalue weighted by atomic mass is 16.6. The molecular formula is C75H130O6.